The Kier molecular flexibility index (Phi) is 5.53. The highest BCUT2D eigenvalue weighted by Gasteiger charge is 2.52. The van der Waals surface area contributed by atoms with Crippen molar-refractivity contribution in [3.63, 3.8) is 0 Å². The van der Waals surface area contributed by atoms with Crippen LogP contribution in [0.4, 0.5) is 5.69 Å². The van der Waals surface area contributed by atoms with E-state index in [1.54, 1.807) is 4.90 Å². The number of amides is 2. The summed E-state index contributed by atoms with van der Waals surface area (Å²) in [5, 5.41) is 20.7. The zero-order chi connectivity index (χ0) is 21.5. The van der Waals surface area contributed by atoms with Crippen LogP contribution >= 0.6 is 0 Å². The molecule has 4 rings (SSSR count). The average molecular weight is 417 g/mol. The molecule has 0 aromatic heterocycles. The Morgan fingerprint density at radius 2 is 1.73 bits per heavy atom. The van der Waals surface area contributed by atoms with Gasteiger partial charge in [0.1, 0.15) is 11.9 Å². The number of aliphatic hydroxyl groups excluding tert-OH is 1. The van der Waals surface area contributed by atoms with Crippen LogP contribution in [0.5, 0.6) is 5.75 Å². The van der Waals surface area contributed by atoms with Crippen molar-refractivity contribution in [2.45, 2.75) is 70.2 Å². The first-order valence-electron chi connectivity index (χ1n) is 11.0. The summed E-state index contributed by atoms with van der Waals surface area (Å²) in [6.07, 6.45) is 2.61. The van der Waals surface area contributed by atoms with Crippen molar-refractivity contribution in [2.24, 2.45) is 5.41 Å². The molecule has 2 saturated heterocycles. The van der Waals surface area contributed by atoms with Crippen LogP contribution < -0.4 is 9.64 Å². The smallest absolute Gasteiger partial charge is 0.251 e. The van der Waals surface area contributed by atoms with Crippen molar-refractivity contribution in [1.29, 1.82) is 0 Å². The molecular formula is C23H32N2O5. The number of nitrogens with zero attached hydrogens (tertiary/aromatic N) is 2. The Morgan fingerprint density at radius 1 is 1.07 bits per heavy atom. The minimum atomic E-state index is -0.978. The van der Waals surface area contributed by atoms with Gasteiger partial charge >= 0.3 is 0 Å². The van der Waals surface area contributed by atoms with Crippen LogP contribution in [0.2, 0.25) is 0 Å². The molecule has 3 fully saturated rings. The highest BCUT2D eigenvalue weighted by molar-refractivity contribution is 6.00. The number of anilines is 1. The maximum Gasteiger partial charge on any atom is 0.251 e. The highest BCUT2D eigenvalue weighted by Crippen LogP contribution is 2.49. The van der Waals surface area contributed by atoms with Crippen LogP contribution in [0.25, 0.3) is 0 Å². The van der Waals surface area contributed by atoms with Crippen molar-refractivity contribution < 1.29 is 24.5 Å². The molecule has 0 radical (unpaired) electrons. The molecule has 2 aliphatic heterocycles. The van der Waals surface area contributed by atoms with Gasteiger partial charge in [-0.25, -0.2) is 0 Å². The van der Waals surface area contributed by atoms with Crippen LogP contribution in [-0.2, 0) is 9.59 Å². The predicted octanol–water partition coefficient (Wildman–Crippen LogP) is 2.10. The van der Waals surface area contributed by atoms with E-state index in [1.807, 2.05) is 43.0 Å². The molecule has 3 aliphatic rings. The lowest BCUT2D eigenvalue weighted by molar-refractivity contribution is -0.141. The monoisotopic (exact) mass is 416 g/mol. The summed E-state index contributed by atoms with van der Waals surface area (Å²) in [4.78, 5) is 28.7. The number of hydrogen-bond donors (Lipinski definition) is 2. The van der Waals surface area contributed by atoms with Crippen molar-refractivity contribution in [3.8, 4) is 5.75 Å². The number of rotatable bonds is 5. The second-order valence-corrected chi connectivity index (χ2v) is 9.44. The molecule has 2 amide bonds. The summed E-state index contributed by atoms with van der Waals surface area (Å²) in [6, 6.07) is 7.65. The van der Waals surface area contributed by atoms with Gasteiger partial charge in [-0.2, -0.15) is 0 Å². The molecule has 164 valence electrons. The fraction of sp³-hybridized carbons (Fsp3) is 0.652. The Balaban J connectivity index is 1.38. The van der Waals surface area contributed by atoms with E-state index in [1.165, 1.54) is 0 Å². The van der Waals surface area contributed by atoms with E-state index >= 15 is 0 Å². The highest BCUT2D eigenvalue weighted by atomic mass is 16.5. The minimum Gasteiger partial charge on any atom is -0.491 e. The fourth-order valence-corrected chi connectivity index (χ4v) is 5.09. The topological polar surface area (TPSA) is 90.3 Å². The average Bonchev–Trinajstić information content (AvgIpc) is 3.19. The van der Waals surface area contributed by atoms with E-state index in [-0.39, 0.29) is 24.5 Å². The van der Waals surface area contributed by atoms with Crippen molar-refractivity contribution in [1.82, 2.24) is 4.90 Å². The summed E-state index contributed by atoms with van der Waals surface area (Å²) in [5.41, 5.74) is -0.520. The van der Waals surface area contributed by atoms with Crippen LogP contribution in [0.15, 0.2) is 24.3 Å². The number of β-amino-alcohol motifs (C(OH)–C–C–N with tert-alkyl or cyclic N) is 1. The Bertz CT molecular complexity index is 798. The number of ether oxygens (including phenoxy) is 1. The van der Waals surface area contributed by atoms with E-state index < -0.39 is 17.1 Å². The van der Waals surface area contributed by atoms with Gasteiger partial charge in [-0.1, -0.05) is 0 Å². The number of likely N-dealkylation sites (tertiary alicyclic amines) is 1. The van der Waals surface area contributed by atoms with E-state index in [4.69, 9.17) is 4.74 Å². The third-order valence-electron chi connectivity index (χ3n) is 6.93. The van der Waals surface area contributed by atoms with Crippen molar-refractivity contribution in [3.05, 3.63) is 24.3 Å². The predicted molar refractivity (Wildman–Crippen MR) is 112 cm³/mol. The molecule has 0 unspecified atom stereocenters. The first-order chi connectivity index (χ1) is 14.2. The van der Waals surface area contributed by atoms with Crippen LogP contribution in [0.1, 0.15) is 52.4 Å². The Labute approximate surface area is 177 Å². The van der Waals surface area contributed by atoms with E-state index in [9.17, 15) is 19.8 Å². The lowest BCUT2D eigenvalue weighted by Gasteiger charge is -2.42. The molecule has 0 bridgehead atoms. The SMILES string of the molecule is CC(C)Oc1ccc(N2CC[C@]3(CC[C@@](O)(CN4CC[C@@H](O)C4=O)CC3)C2=O)cc1. The fourth-order valence-electron chi connectivity index (χ4n) is 5.09. The zero-order valence-corrected chi connectivity index (χ0v) is 17.8. The summed E-state index contributed by atoms with van der Waals surface area (Å²) in [6.45, 7) is 5.37. The molecule has 30 heavy (non-hydrogen) atoms. The molecule has 1 spiro atoms. The summed E-state index contributed by atoms with van der Waals surface area (Å²) in [5.74, 6) is 0.630. The molecule has 7 nitrogen and oxygen atoms in total. The molecule has 1 atom stereocenters. The van der Waals surface area contributed by atoms with Crippen molar-refractivity contribution >= 4 is 17.5 Å². The second kappa shape index (κ2) is 7.85. The van der Waals surface area contributed by atoms with Crippen molar-refractivity contribution in [2.75, 3.05) is 24.5 Å². The van der Waals surface area contributed by atoms with Gasteiger partial charge in [0.15, 0.2) is 0 Å². The third kappa shape index (κ3) is 3.93. The maximum atomic E-state index is 13.3. The van der Waals surface area contributed by atoms with Crippen LogP contribution in [0, 0.1) is 5.41 Å². The quantitative estimate of drug-likeness (QED) is 0.767. The molecule has 1 saturated carbocycles. The Hall–Kier alpha value is -2.12. The molecule has 2 N–H and O–H groups in total. The largest absolute Gasteiger partial charge is 0.491 e. The summed E-state index contributed by atoms with van der Waals surface area (Å²) < 4.78 is 5.69. The summed E-state index contributed by atoms with van der Waals surface area (Å²) >= 11 is 0. The standard InChI is InChI=1S/C23H32N2O5/c1-16(2)30-18-5-3-17(4-6-18)25-14-12-22(21(25)28)8-10-23(29,11-9-22)15-24-13-7-19(26)20(24)27/h3-6,16,19,26,29H,7-15H2,1-2H3/t19-,22-,23+/m1/s1. The first kappa shape index (κ1) is 21.1. The third-order valence-corrected chi connectivity index (χ3v) is 6.93. The van der Waals surface area contributed by atoms with Crippen LogP contribution in [0.3, 0.4) is 0 Å². The number of benzene rings is 1. The van der Waals surface area contributed by atoms with Crippen LogP contribution in [-0.4, -0.2) is 64.4 Å². The van der Waals surface area contributed by atoms with Gasteiger partial charge in [-0.15, -0.1) is 0 Å². The molecule has 2 heterocycles. The maximum absolute atomic E-state index is 13.3. The molecule has 7 heteroatoms. The number of carbonyl (C=O) groups excluding carboxylic acids is 2. The lowest BCUT2D eigenvalue weighted by atomic mass is 9.67. The van der Waals surface area contributed by atoms with Gasteiger partial charge in [-0.3, -0.25) is 9.59 Å². The lowest BCUT2D eigenvalue weighted by Crippen LogP contribution is -2.50. The number of aliphatic hydroxyl groups is 2. The molecule has 1 aromatic rings. The Morgan fingerprint density at radius 3 is 2.30 bits per heavy atom. The van der Waals surface area contributed by atoms with Gasteiger partial charge in [0.05, 0.1) is 17.1 Å². The van der Waals surface area contributed by atoms with E-state index in [2.05, 4.69) is 0 Å². The molecule has 1 aromatic carbocycles. The van der Waals surface area contributed by atoms with Gasteiger partial charge in [0.2, 0.25) is 5.91 Å². The number of carbonyl (C=O) groups is 2. The summed E-state index contributed by atoms with van der Waals surface area (Å²) in [7, 11) is 0. The molecular weight excluding hydrogens is 384 g/mol. The molecule has 1 aliphatic carbocycles. The van der Waals surface area contributed by atoms with Gasteiger partial charge in [0, 0.05) is 25.3 Å². The van der Waals surface area contributed by atoms with E-state index in [0.29, 0.717) is 45.2 Å². The minimum absolute atomic E-state index is 0.104. The van der Waals surface area contributed by atoms with E-state index in [0.717, 1.165) is 17.9 Å². The second-order valence-electron chi connectivity index (χ2n) is 9.44. The normalized spacial score (nSPS) is 32.0. The zero-order valence-electron chi connectivity index (χ0n) is 17.8. The van der Waals surface area contributed by atoms with Gasteiger partial charge in [-0.05, 0) is 76.6 Å². The van der Waals surface area contributed by atoms with Gasteiger partial charge < -0.3 is 24.7 Å². The van der Waals surface area contributed by atoms with Gasteiger partial charge in [0.25, 0.3) is 5.91 Å². The number of hydrogen-bond acceptors (Lipinski definition) is 5. The first-order valence-corrected chi connectivity index (χ1v) is 11.0.